The summed E-state index contributed by atoms with van der Waals surface area (Å²) in [5, 5.41) is 0. The van der Waals surface area contributed by atoms with Gasteiger partial charge in [-0.15, -0.1) is 0 Å². The van der Waals surface area contributed by atoms with Crippen LogP contribution in [0.25, 0.3) is 0 Å². The third-order valence-corrected chi connectivity index (χ3v) is 2.08. The summed E-state index contributed by atoms with van der Waals surface area (Å²) in [6.45, 7) is 0.354. The molecule has 0 aliphatic carbocycles. The van der Waals surface area contributed by atoms with Crippen molar-refractivity contribution >= 4 is 5.78 Å². The Labute approximate surface area is 89.0 Å². The molecule has 0 radical (unpaired) electrons. The van der Waals surface area contributed by atoms with Gasteiger partial charge in [0.25, 0.3) is 0 Å². The lowest BCUT2D eigenvalue weighted by Gasteiger charge is -2.08. The molecule has 4 heteroatoms. The summed E-state index contributed by atoms with van der Waals surface area (Å²) in [6, 6.07) is 5.08. The molecule has 0 spiro atoms. The van der Waals surface area contributed by atoms with Gasteiger partial charge in [-0.1, -0.05) is 0 Å². The second-order valence-electron chi connectivity index (χ2n) is 3.03. The first kappa shape index (κ1) is 11.5. The molecule has 0 atom stereocenters. The highest BCUT2D eigenvalue weighted by Gasteiger charge is 2.09. The van der Waals surface area contributed by atoms with E-state index in [4.69, 9.17) is 15.2 Å². The Kier molecular flexibility index (Phi) is 4.12. The van der Waals surface area contributed by atoms with Crippen molar-refractivity contribution in [3.63, 3.8) is 0 Å². The first-order valence-electron chi connectivity index (χ1n) is 4.68. The Morgan fingerprint density at radius 3 is 2.47 bits per heavy atom. The summed E-state index contributed by atoms with van der Waals surface area (Å²) in [5.74, 6) is 1.18. The van der Waals surface area contributed by atoms with Crippen molar-refractivity contribution in [1.29, 1.82) is 0 Å². The van der Waals surface area contributed by atoms with E-state index in [-0.39, 0.29) is 5.78 Å². The largest absolute Gasteiger partial charge is 0.493 e. The van der Waals surface area contributed by atoms with E-state index in [0.29, 0.717) is 30.0 Å². The monoisotopic (exact) mass is 209 g/mol. The summed E-state index contributed by atoms with van der Waals surface area (Å²) in [6.07, 6.45) is 0.343. The van der Waals surface area contributed by atoms with Crippen molar-refractivity contribution in [3.8, 4) is 11.5 Å². The highest BCUT2D eigenvalue weighted by molar-refractivity contribution is 5.96. The number of benzene rings is 1. The van der Waals surface area contributed by atoms with Gasteiger partial charge in [0.2, 0.25) is 0 Å². The number of rotatable bonds is 5. The maximum Gasteiger partial charge on any atom is 0.164 e. The van der Waals surface area contributed by atoms with Crippen LogP contribution in [0.4, 0.5) is 0 Å². The fourth-order valence-electron chi connectivity index (χ4n) is 1.29. The fraction of sp³-hybridized carbons (Fsp3) is 0.364. The lowest BCUT2D eigenvalue weighted by atomic mass is 10.1. The van der Waals surface area contributed by atoms with Gasteiger partial charge in [-0.3, -0.25) is 4.79 Å². The molecule has 0 heterocycles. The number of nitrogens with two attached hydrogens (primary N) is 1. The minimum Gasteiger partial charge on any atom is -0.493 e. The van der Waals surface area contributed by atoms with Gasteiger partial charge in [0.15, 0.2) is 17.3 Å². The zero-order chi connectivity index (χ0) is 11.3. The van der Waals surface area contributed by atoms with Crippen molar-refractivity contribution in [1.82, 2.24) is 0 Å². The maximum atomic E-state index is 11.5. The number of carbonyl (C=O) groups is 1. The highest BCUT2D eigenvalue weighted by atomic mass is 16.5. The van der Waals surface area contributed by atoms with Crippen LogP contribution in [0.2, 0.25) is 0 Å². The van der Waals surface area contributed by atoms with E-state index >= 15 is 0 Å². The van der Waals surface area contributed by atoms with Gasteiger partial charge in [0.1, 0.15) is 0 Å². The number of hydrogen-bond donors (Lipinski definition) is 1. The predicted octanol–water partition coefficient (Wildman–Crippen LogP) is 1.24. The predicted molar refractivity (Wildman–Crippen MR) is 57.5 cm³/mol. The van der Waals surface area contributed by atoms with Crippen molar-refractivity contribution < 1.29 is 14.3 Å². The smallest absolute Gasteiger partial charge is 0.164 e. The molecule has 0 aliphatic rings. The highest BCUT2D eigenvalue weighted by Crippen LogP contribution is 2.27. The van der Waals surface area contributed by atoms with Crippen molar-refractivity contribution in [3.05, 3.63) is 23.8 Å². The third kappa shape index (κ3) is 2.70. The normalized spacial score (nSPS) is 9.80. The number of carbonyl (C=O) groups excluding carboxylic acids is 1. The standard InChI is InChI=1S/C11H15NO3/c1-14-10-4-3-8(7-11(10)15-2)9(13)5-6-12/h3-4,7H,5-6,12H2,1-2H3. The lowest BCUT2D eigenvalue weighted by molar-refractivity contribution is 0.0985. The Morgan fingerprint density at radius 1 is 1.27 bits per heavy atom. The van der Waals surface area contributed by atoms with Crippen LogP contribution in [0.5, 0.6) is 11.5 Å². The van der Waals surface area contributed by atoms with Gasteiger partial charge >= 0.3 is 0 Å². The summed E-state index contributed by atoms with van der Waals surface area (Å²) in [7, 11) is 3.09. The number of hydrogen-bond acceptors (Lipinski definition) is 4. The Bertz CT molecular complexity index is 350. The molecule has 15 heavy (non-hydrogen) atoms. The van der Waals surface area contributed by atoms with Crippen molar-refractivity contribution in [2.45, 2.75) is 6.42 Å². The molecular weight excluding hydrogens is 194 g/mol. The van der Waals surface area contributed by atoms with Crippen LogP contribution < -0.4 is 15.2 Å². The molecule has 0 amide bonds. The van der Waals surface area contributed by atoms with E-state index in [1.165, 1.54) is 7.11 Å². The second-order valence-corrected chi connectivity index (χ2v) is 3.03. The lowest BCUT2D eigenvalue weighted by Crippen LogP contribution is -2.08. The quantitative estimate of drug-likeness (QED) is 0.741. The molecule has 4 nitrogen and oxygen atoms in total. The first-order valence-corrected chi connectivity index (χ1v) is 4.68. The van der Waals surface area contributed by atoms with Gasteiger partial charge in [-0.05, 0) is 24.7 Å². The van der Waals surface area contributed by atoms with Crippen LogP contribution in [0, 0.1) is 0 Å². The molecule has 0 bridgehead atoms. The van der Waals surface area contributed by atoms with Gasteiger partial charge in [-0.2, -0.15) is 0 Å². The van der Waals surface area contributed by atoms with E-state index < -0.39 is 0 Å². The molecule has 0 aliphatic heterocycles. The topological polar surface area (TPSA) is 61.5 Å². The summed E-state index contributed by atoms with van der Waals surface area (Å²) in [5.41, 5.74) is 5.91. The minimum atomic E-state index is 0.0125. The SMILES string of the molecule is COc1ccc(C(=O)CCN)cc1OC. The van der Waals surface area contributed by atoms with Crippen molar-refractivity contribution in [2.24, 2.45) is 5.73 Å². The molecule has 1 aromatic rings. The zero-order valence-electron chi connectivity index (χ0n) is 8.95. The van der Waals surface area contributed by atoms with Crippen LogP contribution in [0.15, 0.2) is 18.2 Å². The molecule has 0 unspecified atom stereocenters. The first-order chi connectivity index (χ1) is 7.22. The molecule has 0 fully saturated rings. The van der Waals surface area contributed by atoms with Crippen LogP contribution in [-0.4, -0.2) is 26.5 Å². The van der Waals surface area contributed by atoms with Gasteiger partial charge in [0, 0.05) is 12.0 Å². The minimum absolute atomic E-state index is 0.0125. The van der Waals surface area contributed by atoms with Gasteiger partial charge in [0.05, 0.1) is 14.2 Å². The molecule has 0 saturated heterocycles. The number of ketones is 1. The molecule has 0 saturated carbocycles. The number of Topliss-reactive ketones (excluding diaryl/α,β-unsaturated/α-hetero) is 1. The molecule has 0 aromatic heterocycles. The summed E-state index contributed by atoms with van der Waals surface area (Å²) < 4.78 is 10.2. The van der Waals surface area contributed by atoms with E-state index in [0.717, 1.165) is 0 Å². The zero-order valence-corrected chi connectivity index (χ0v) is 8.95. The third-order valence-electron chi connectivity index (χ3n) is 2.08. The molecule has 82 valence electrons. The van der Waals surface area contributed by atoms with Gasteiger partial charge in [-0.25, -0.2) is 0 Å². The number of ether oxygens (including phenoxy) is 2. The van der Waals surface area contributed by atoms with E-state index in [1.807, 2.05) is 0 Å². The number of methoxy groups -OCH3 is 2. The summed E-state index contributed by atoms with van der Waals surface area (Å²) in [4.78, 5) is 11.5. The van der Waals surface area contributed by atoms with Gasteiger partial charge < -0.3 is 15.2 Å². The average molecular weight is 209 g/mol. The molecular formula is C11H15NO3. The summed E-state index contributed by atoms with van der Waals surface area (Å²) >= 11 is 0. The second kappa shape index (κ2) is 5.36. The van der Waals surface area contributed by atoms with Crippen LogP contribution in [0.1, 0.15) is 16.8 Å². The molecule has 1 aromatic carbocycles. The maximum absolute atomic E-state index is 11.5. The van der Waals surface area contributed by atoms with Crippen LogP contribution in [-0.2, 0) is 0 Å². The molecule has 1 rings (SSSR count). The van der Waals surface area contributed by atoms with E-state index in [1.54, 1.807) is 25.3 Å². The Morgan fingerprint density at radius 2 is 1.93 bits per heavy atom. The fourth-order valence-corrected chi connectivity index (χ4v) is 1.29. The Hall–Kier alpha value is -1.55. The van der Waals surface area contributed by atoms with Crippen molar-refractivity contribution in [2.75, 3.05) is 20.8 Å². The van der Waals surface area contributed by atoms with Crippen LogP contribution >= 0.6 is 0 Å². The van der Waals surface area contributed by atoms with E-state index in [9.17, 15) is 4.79 Å². The Balaban J connectivity index is 2.97. The average Bonchev–Trinajstić information content (AvgIpc) is 2.28. The van der Waals surface area contributed by atoms with Crippen LogP contribution in [0.3, 0.4) is 0 Å². The molecule has 2 N–H and O–H groups in total. The van der Waals surface area contributed by atoms with E-state index in [2.05, 4.69) is 0 Å².